The highest BCUT2D eigenvalue weighted by molar-refractivity contribution is 7.11. The highest BCUT2D eigenvalue weighted by Gasteiger charge is 2.00. The molecule has 1 heterocycles. The van der Waals surface area contributed by atoms with Gasteiger partial charge in [0.1, 0.15) is 0 Å². The van der Waals surface area contributed by atoms with Crippen LogP contribution in [0.4, 0.5) is 10.5 Å². The first-order valence-corrected chi connectivity index (χ1v) is 6.80. The minimum Gasteiger partial charge on any atom is -0.307 e. The average molecular weight is 294 g/mol. The third-order valence-corrected chi connectivity index (χ3v) is 3.56. The third kappa shape index (κ3) is 4.08. The summed E-state index contributed by atoms with van der Waals surface area (Å²) in [6, 6.07) is 8.45. The summed E-state index contributed by atoms with van der Waals surface area (Å²) in [5.74, 6) is 0. The molecule has 0 aliphatic heterocycles. The van der Waals surface area contributed by atoms with E-state index in [-0.39, 0.29) is 0 Å². The molecule has 1 aromatic heterocycles. The van der Waals surface area contributed by atoms with Crippen molar-refractivity contribution in [1.29, 1.82) is 0 Å². The highest BCUT2D eigenvalue weighted by Crippen LogP contribution is 2.13. The number of halogens is 1. The van der Waals surface area contributed by atoms with Gasteiger partial charge in [0.2, 0.25) is 0 Å². The zero-order chi connectivity index (χ0) is 13.7. The number of nitrogens with zero attached hydrogens (tertiary/aromatic N) is 1. The quantitative estimate of drug-likeness (QED) is 0.655. The van der Waals surface area contributed by atoms with E-state index in [0.717, 1.165) is 10.4 Å². The fraction of sp³-hybridized carbons (Fsp3) is 0.0769. The van der Waals surface area contributed by atoms with Crippen LogP contribution in [0.1, 0.15) is 10.4 Å². The maximum Gasteiger partial charge on any atom is 0.339 e. The van der Waals surface area contributed by atoms with Crippen molar-refractivity contribution in [3.05, 3.63) is 51.2 Å². The zero-order valence-electron chi connectivity index (χ0n) is 10.2. The Morgan fingerprint density at radius 1 is 1.32 bits per heavy atom. The molecule has 0 aliphatic rings. The first-order chi connectivity index (χ1) is 9.15. The molecule has 4 nitrogen and oxygen atoms in total. The number of amides is 2. The molecule has 0 bridgehead atoms. The summed E-state index contributed by atoms with van der Waals surface area (Å²) in [4.78, 5) is 12.6. The summed E-state index contributed by atoms with van der Waals surface area (Å²) < 4.78 is 0. The summed E-state index contributed by atoms with van der Waals surface area (Å²) in [5, 5.41) is 9.13. The maximum absolute atomic E-state index is 11.5. The summed E-state index contributed by atoms with van der Waals surface area (Å²) in [6.45, 7) is 1.99. The van der Waals surface area contributed by atoms with E-state index < -0.39 is 6.03 Å². The molecule has 19 heavy (non-hydrogen) atoms. The third-order valence-electron chi connectivity index (χ3n) is 2.35. The number of aryl methyl sites for hydroxylation is 1. The predicted octanol–water partition coefficient (Wildman–Crippen LogP) is 3.87. The summed E-state index contributed by atoms with van der Waals surface area (Å²) in [6.07, 6.45) is 1.63. The van der Waals surface area contributed by atoms with Crippen molar-refractivity contribution in [2.45, 2.75) is 6.92 Å². The number of nitrogens with one attached hydrogen (secondary N) is 2. The smallest absolute Gasteiger partial charge is 0.307 e. The molecule has 2 rings (SSSR count). The van der Waals surface area contributed by atoms with Crippen LogP contribution in [0.25, 0.3) is 0 Å². The van der Waals surface area contributed by atoms with E-state index in [1.54, 1.807) is 41.8 Å². The van der Waals surface area contributed by atoms with Crippen molar-refractivity contribution in [1.82, 2.24) is 5.43 Å². The monoisotopic (exact) mass is 293 g/mol. The molecule has 0 spiro atoms. The molecule has 0 saturated carbocycles. The van der Waals surface area contributed by atoms with Gasteiger partial charge < -0.3 is 5.32 Å². The molecule has 0 atom stereocenters. The lowest BCUT2D eigenvalue weighted by molar-refractivity contribution is 0.252. The lowest BCUT2D eigenvalue weighted by Gasteiger charge is -2.03. The Labute approximate surface area is 120 Å². The van der Waals surface area contributed by atoms with Gasteiger partial charge >= 0.3 is 6.03 Å². The van der Waals surface area contributed by atoms with E-state index in [0.29, 0.717) is 10.7 Å². The van der Waals surface area contributed by atoms with Crippen molar-refractivity contribution < 1.29 is 4.79 Å². The summed E-state index contributed by atoms with van der Waals surface area (Å²) in [5.41, 5.74) is 4.19. The van der Waals surface area contributed by atoms with Crippen LogP contribution < -0.4 is 10.7 Å². The molecule has 0 saturated heterocycles. The number of hydrazone groups is 1. The van der Waals surface area contributed by atoms with E-state index in [1.165, 1.54) is 0 Å². The lowest BCUT2D eigenvalue weighted by Crippen LogP contribution is -2.24. The largest absolute Gasteiger partial charge is 0.339 e. The van der Waals surface area contributed by atoms with Crippen LogP contribution in [0.5, 0.6) is 0 Å². The predicted molar refractivity (Wildman–Crippen MR) is 80.3 cm³/mol. The molecule has 0 fully saturated rings. The van der Waals surface area contributed by atoms with Crippen molar-refractivity contribution in [2.24, 2.45) is 5.10 Å². The molecule has 0 unspecified atom stereocenters. The van der Waals surface area contributed by atoms with Gasteiger partial charge in [0, 0.05) is 15.6 Å². The molecular formula is C13H12ClN3OS. The molecule has 0 aliphatic carbocycles. The van der Waals surface area contributed by atoms with Crippen LogP contribution in [0, 0.1) is 6.92 Å². The van der Waals surface area contributed by atoms with Crippen LogP contribution in [-0.4, -0.2) is 12.2 Å². The Bertz CT molecular complexity index is 592. The van der Waals surface area contributed by atoms with E-state index in [2.05, 4.69) is 15.8 Å². The summed E-state index contributed by atoms with van der Waals surface area (Å²) in [7, 11) is 0. The first-order valence-electron chi connectivity index (χ1n) is 5.55. The van der Waals surface area contributed by atoms with Crippen molar-refractivity contribution in [3.8, 4) is 0 Å². The number of hydrogen-bond donors (Lipinski definition) is 2. The number of carbonyl (C=O) groups excluding carboxylic acids is 1. The molecule has 1 aromatic carbocycles. The molecular weight excluding hydrogens is 282 g/mol. The first kappa shape index (κ1) is 13.6. The second-order valence-electron chi connectivity index (χ2n) is 3.80. The molecule has 6 heteroatoms. The second-order valence-corrected chi connectivity index (χ2v) is 5.18. The number of urea groups is 1. The number of benzene rings is 1. The van der Waals surface area contributed by atoms with Gasteiger partial charge in [-0.15, -0.1) is 11.3 Å². The topological polar surface area (TPSA) is 53.5 Å². The maximum atomic E-state index is 11.5. The molecule has 98 valence electrons. The zero-order valence-corrected chi connectivity index (χ0v) is 11.8. The van der Waals surface area contributed by atoms with E-state index in [9.17, 15) is 4.79 Å². The number of carbonyl (C=O) groups is 1. The Morgan fingerprint density at radius 3 is 2.68 bits per heavy atom. The van der Waals surface area contributed by atoms with Gasteiger partial charge in [0.25, 0.3) is 0 Å². The SMILES string of the molecule is Cc1ccsc1/C=N\NC(=O)Nc1ccc(Cl)cc1. The molecule has 2 N–H and O–H groups in total. The number of rotatable bonds is 3. The van der Waals surface area contributed by atoms with Crippen LogP contribution >= 0.6 is 22.9 Å². The molecule has 2 amide bonds. The Kier molecular flexibility index (Phi) is 4.54. The van der Waals surface area contributed by atoms with E-state index in [1.807, 2.05) is 18.4 Å². The van der Waals surface area contributed by atoms with Gasteiger partial charge in [0.15, 0.2) is 0 Å². The van der Waals surface area contributed by atoms with Gasteiger partial charge in [-0.3, -0.25) is 0 Å². The average Bonchev–Trinajstić information content (AvgIpc) is 2.78. The standard InChI is InChI=1S/C13H12ClN3OS/c1-9-6-7-19-12(9)8-15-17-13(18)16-11-4-2-10(14)3-5-11/h2-8H,1H3,(H2,16,17,18)/b15-8-. The van der Waals surface area contributed by atoms with Gasteiger partial charge in [-0.1, -0.05) is 11.6 Å². The minimum atomic E-state index is -0.396. The van der Waals surface area contributed by atoms with E-state index >= 15 is 0 Å². The van der Waals surface area contributed by atoms with Crippen LogP contribution in [-0.2, 0) is 0 Å². The number of thiophene rings is 1. The summed E-state index contributed by atoms with van der Waals surface area (Å²) >= 11 is 7.32. The fourth-order valence-electron chi connectivity index (χ4n) is 1.36. The minimum absolute atomic E-state index is 0.396. The van der Waals surface area contributed by atoms with Gasteiger partial charge in [-0.2, -0.15) is 5.10 Å². The lowest BCUT2D eigenvalue weighted by atomic mass is 10.3. The second kappa shape index (κ2) is 6.36. The highest BCUT2D eigenvalue weighted by atomic mass is 35.5. The van der Waals surface area contributed by atoms with Gasteiger partial charge in [-0.25, -0.2) is 10.2 Å². The normalized spacial score (nSPS) is 10.6. The number of hydrogen-bond acceptors (Lipinski definition) is 3. The number of anilines is 1. The van der Waals surface area contributed by atoms with Gasteiger partial charge in [0.05, 0.1) is 6.21 Å². The molecule has 2 aromatic rings. The van der Waals surface area contributed by atoms with Crippen LogP contribution in [0.3, 0.4) is 0 Å². The van der Waals surface area contributed by atoms with Crippen LogP contribution in [0.15, 0.2) is 40.8 Å². The molecule has 0 radical (unpaired) electrons. The van der Waals surface area contributed by atoms with Crippen LogP contribution in [0.2, 0.25) is 5.02 Å². The van der Waals surface area contributed by atoms with Gasteiger partial charge in [-0.05, 0) is 48.2 Å². The Balaban J connectivity index is 1.86. The Hall–Kier alpha value is -1.85. The van der Waals surface area contributed by atoms with Crippen molar-refractivity contribution >= 4 is 40.9 Å². The van der Waals surface area contributed by atoms with E-state index in [4.69, 9.17) is 11.6 Å². The van der Waals surface area contributed by atoms with Crippen molar-refractivity contribution in [2.75, 3.05) is 5.32 Å². The fourth-order valence-corrected chi connectivity index (χ4v) is 2.27. The Morgan fingerprint density at radius 2 is 2.05 bits per heavy atom. The van der Waals surface area contributed by atoms with Crippen molar-refractivity contribution in [3.63, 3.8) is 0 Å².